The van der Waals surface area contributed by atoms with E-state index in [-0.39, 0.29) is 0 Å². The van der Waals surface area contributed by atoms with Crippen molar-refractivity contribution in [3.05, 3.63) is 35.4 Å². The summed E-state index contributed by atoms with van der Waals surface area (Å²) in [7, 11) is 0. The number of nitrogens with one attached hydrogen (secondary N) is 1. The van der Waals surface area contributed by atoms with Gasteiger partial charge in [-0.3, -0.25) is 0 Å². The Kier molecular flexibility index (Phi) is 2.85. The zero-order valence-corrected chi connectivity index (χ0v) is 8.66. The third-order valence-corrected chi connectivity index (χ3v) is 3.03. The van der Waals surface area contributed by atoms with E-state index in [1.165, 1.54) is 17.5 Å². The molecular weight excluding hydrogens is 172 g/mol. The van der Waals surface area contributed by atoms with Crippen molar-refractivity contribution in [3.63, 3.8) is 0 Å². The van der Waals surface area contributed by atoms with E-state index in [9.17, 15) is 0 Å². The van der Waals surface area contributed by atoms with Crippen LogP contribution in [0.2, 0.25) is 0 Å². The SMILES string of the molecule is CC(CN)NCC1Cc2ccccc21. The fourth-order valence-electron chi connectivity index (χ4n) is 1.97. The molecule has 2 rings (SSSR count). The van der Waals surface area contributed by atoms with Gasteiger partial charge in [0.1, 0.15) is 0 Å². The molecule has 0 saturated carbocycles. The van der Waals surface area contributed by atoms with Gasteiger partial charge in [-0.05, 0) is 24.5 Å². The van der Waals surface area contributed by atoms with Crippen molar-refractivity contribution in [2.24, 2.45) is 5.73 Å². The van der Waals surface area contributed by atoms with Gasteiger partial charge in [0.25, 0.3) is 0 Å². The summed E-state index contributed by atoms with van der Waals surface area (Å²) >= 11 is 0. The van der Waals surface area contributed by atoms with E-state index in [0.717, 1.165) is 6.54 Å². The van der Waals surface area contributed by atoms with Crippen LogP contribution < -0.4 is 11.1 Å². The highest BCUT2D eigenvalue weighted by molar-refractivity contribution is 5.40. The number of hydrogen-bond acceptors (Lipinski definition) is 2. The summed E-state index contributed by atoms with van der Waals surface area (Å²) in [5, 5.41) is 3.45. The van der Waals surface area contributed by atoms with Gasteiger partial charge in [-0.1, -0.05) is 24.3 Å². The summed E-state index contributed by atoms with van der Waals surface area (Å²) in [6.07, 6.45) is 1.22. The van der Waals surface area contributed by atoms with Crippen molar-refractivity contribution in [1.29, 1.82) is 0 Å². The number of benzene rings is 1. The molecule has 14 heavy (non-hydrogen) atoms. The Labute approximate surface area is 85.5 Å². The number of hydrogen-bond donors (Lipinski definition) is 2. The highest BCUT2D eigenvalue weighted by Crippen LogP contribution is 2.33. The lowest BCUT2D eigenvalue weighted by molar-refractivity contribution is 0.483. The van der Waals surface area contributed by atoms with Crippen molar-refractivity contribution >= 4 is 0 Å². The lowest BCUT2D eigenvalue weighted by Crippen LogP contribution is -2.38. The maximum atomic E-state index is 5.55. The predicted molar refractivity (Wildman–Crippen MR) is 59.4 cm³/mol. The molecule has 2 unspecified atom stereocenters. The molecule has 0 bridgehead atoms. The van der Waals surface area contributed by atoms with E-state index in [1.807, 2.05) is 0 Å². The molecule has 2 atom stereocenters. The third-order valence-electron chi connectivity index (χ3n) is 3.03. The van der Waals surface area contributed by atoms with Crippen molar-refractivity contribution < 1.29 is 0 Å². The Bertz CT molecular complexity index is 309. The van der Waals surface area contributed by atoms with Crippen LogP contribution in [0.4, 0.5) is 0 Å². The minimum Gasteiger partial charge on any atom is -0.329 e. The molecule has 0 saturated heterocycles. The highest BCUT2D eigenvalue weighted by Gasteiger charge is 2.24. The van der Waals surface area contributed by atoms with E-state index in [1.54, 1.807) is 0 Å². The number of fused-ring (bicyclic) bond motifs is 1. The molecule has 0 radical (unpaired) electrons. The quantitative estimate of drug-likeness (QED) is 0.750. The summed E-state index contributed by atoms with van der Waals surface area (Å²) in [5.41, 5.74) is 8.58. The van der Waals surface area contributed by atoms with Crippen LogP contribution in [0.15, 0.2) is 24.3 Å². The first-order valence-electron chi connectivity index (χ1n) is 5.32. The fraction of sp³-hybridized carbons (Fsp3) is 0.500. The molecular formula is C12H18N2. The standard InChI is InChI=1S/C12H18N2/c1-9(7-13)14-8-11-6-10-4-2-3-5-12(10)11/h2-5,9,11,14H,6-8,13H2,1H3. The van der Waals surface area contributed by atoms with Crippen molar-refractivity contribution in [2.75, 3.05) is 13.1 Å². The molecule has 0 heterocycles. The van der Waals surface area contributed by atoms with Crippen LogP contribution >= 0.6 is 0 Å². The summed E-state index contributed by atoms with van der Waals surface area (Å²) < 4.78 is 0. The minimum atomic E-state index is 0.433. The van der Waals surface area contributed by atoms with E-state index in [4.69, 9.17) is 5.73 Å². The largest absolute Gasteiger partial charge is 0.329 e. The Morgan fingerprint density at radius 2 is 2.29 bits per heavy atom. The van der Waals surface area contributed by atoms with Gasteiger partial charge in [-0.15, -0.1) is 0 Å². The van der Waals surface area contributed by atoms with Crippen LogP contribution in [0.25, 0.3) is 0 Å². The van der Waals surface area contributed by atoms with Crippen molar-refractivity contribution in [3.8, 4) is 0 Å². The van der Waals surface area contributed by atoms with Crippen LogP contribution in [0.5, 0.6) is 0 Å². The van der Waals surface area contributed by atoms with E-state index in [2.05, 4.69) is 36.5 Å². The molecule has 0 aliphatic heterocycles. The topological polar surface area (TPSA) is 38.0 Å². The molecule has 1 aliphatic carbocycles. The molecule has 1 aromatic carbocycles. The maximum absolute atomic E-state index is 5.55. The van der Waals surface area contributed by atoms with Crippen LogP contribution in [0, 0.1) is 0 Å². The van der Waals surface area contributed by atoms with E-state index < -0.39 is 0 Å². The minimum absolute atomic E-state index is 0.433. The van der Waals surface area contributed by atoms with Gasteiger partial charge in [-0.2, -0.15) is 0 Å². The van der Waals surface area contributed by atoms with Gasteiger partial charge < -0.3 is 11.1 Å². The highest BCUT2D eigenvalue weighted by atomic mass is 14.9. The van der Waals surface area contributed by atoms with Gasteiger partial charge in [0.05, 0.1) is 0 Å². The second-order valence-corrected chi connectivity index (χ2v) is 4.14. The number of rotatable bonds is 4. The summed E-state index contributed by atoms with van der Waals surface area (Å²) in [6, 6.07) is 9.13. The molecule has 1 aliphatic rings. The third kappa shape index (κ3) is 1.81. The zero-order chi connectivity index (χ0) is 9.97. The predicted octanol–water partition coefficient (Wildman–Crippen LogP) is 1.26. The molecule has 1 aromatic rings. The normalized spacial score (nSPS) is 21.1. The summed E-state index contributed by atoms with van der Waals surface area (Å²) in [4.78, 5) is 0. The molecule has 0 amide bonds. The van der Waals surface area contributed by atoms with Crippen LogP contribution in [-0.4, -0.2) is 19.1 Å². The molecule has 76 valence electrons. The summed E-state index contributed by atoms with van der Waals surface area (Å²) in [6.45, 7) is 3.91. The average Bonchev–Trinajstić information content (AvgIpc) is 2.19. The zero-order valence-electron chi connectivity index (χ0n) is 8.66. The van der Waals surface area contributed by atoms with E-state index in [0.29, 0.717) is 18.5 Å². The van der Waals surface area contributed by atoms with Crippen LogP contribution in [-0.2, 0) is 6.42 Å². The monoisotopic (exact) mass is 190 g/mol. The molecule has 2 nitrogen and oxygen atoms in total. The van der Waals surface area contributed by atoms with Crippen LogP contribution in [0.1, 0.15) is 24.0 Å². The Morgan fingerprint density at radius 1 is 1.50 bits per heavy atom. The lowest BCUT2D eigenvalue weighted by Gasteiger charge is -2.31. The van der Waals surface area contributed by atoms with Crippen molar-refractivity contribution in [2.45, 2.75) is 25.3 Å². The first-order chi connectivity index (χ1) is 6.81. The fourth-order valence-corrected chi connectivity index (χ4v) is 1.97. The molecule has 0 aromatic heterocycles. The smallest absolute Gasteiger partial charge is 0.0162 e. The second kappa shape index (κ2) is 4.11. The van der Waals surface area contributed by atoms with Gasteiger partial charge in [0.15, 0.2) is 0 Å². The lowest BCUT2D eigenvalue weighted by atomic mass is 9.77. The molecule has 0 spiro atoms. The van der Waals surface area contributed by atoms with E-state index >= 15 is 0 Å². The van der Waals surface area contributed by atoms with Crippen molar-refractivity contribution in [1.82, 2.24) is 5.32 Å². The van der Waals surface area contributed by atoms with Gasteiger partial charge in [0, 0.05) is 25.0 Å². The molecule has 2 heteroatoms. The first-order valence-corrected chi connectivity index (χ1v) is 5.32. The van der Waals surface area contributed by atoms with Gasteiger partial charge >= 0.3 is 0 Å². The molecule has 3 N–H and O–H groups in total. The second-order valence-electron chi connectivity index (χ2n) is 4.14. The average molecular weight is 190 g/mol. The Balaban J connectivity index is 1.87. The Hall–Kier alpha value is -0.860. The maximum Gasteiger partial charge on any atom is 0.0162 e. The molecule has 0 fully saturated rings. The summed E-state index contributed by atoms with van der Waals surface area (Å²) in [5.74, 6) is 0.709. The Morgan fingerprint density at radius 3 is 3.00 bits per heavy atom. The van der Waals surface area contributed by atoms with Gasteiger partial charge in [-0.25, -0.2) is 0 Å². The first kappa shape index (κ1) is 9.69. The van der Waals surface area contributed by atoms with Gasteiger partial charge in [0.2, 0.25) is 0 Å². The number of nitrogens with two attached hydrogens (primary N) is 1. The van der Waals surface area contributed by atoms with Crippen LogP contribution in [0.3, 0.4) is 0 Å².